The van der Waals surface area contributed by atoms with Gasteiger partial charge in [-0.05, 0) is 24.3 Å². The summed E-state index contributed by atoms with van der Waals surface area (Å²) in [5.74, 6) is 0. The van der Waals surface area contributed by atoms with Crippen LogP contribution >= 0.6 is 11.8 Å². The molecule has 1 fully saturated rings. The maximum absolute atomic E-state index is 9.10. The zero-order valence-electron chi connectivity index (χ0n) is 13.6. The first-order chi connectivity index (χ1) is 11.8. The molecular formula is C19H21N3OS. The number of hydrogen-bond acceptors (Lipinski definition) is 5. The third-order valence-corrected chi connectivity index (χ3v) is 5.73. The van der Waals surface area contributed by atoms with E-state index < -0.39 is 0 Å². The Bertz CT molecular complexity index is 754. The van der Waals surface area contributed by atoms with E-state index in [4.69, 9.17) is 10.1 Å². The normalized spacial score (nSPS) is 17.3. The van der Waals surface area contributed by atoms with Crippen molar-refractivity contribution >= 4 is 29.4 Å². The predicted octanol–water partition coefficient (Wildman–Crippen LogP) is 3.02. The minimum Gasteiger partial charge on any atom is -0.395 e. The largest absolute Gasteiger partial charge is 0.395 e. The van der Waals surface area contributed by atoms with Crippen LogP contribution in [0.15, 0.2) is 57.2 Å². The smallest absolute Gasteiger partial charge is 0.0769 e. The van der Waals surface area contributed by atoms with Crippen molar-refractivity contribution in [1.29, 1.82) is 0 Å². The second-order valence-electron chi connectivity index (χ2n) is 6.07. The Morgan fingerprint density at radius 3 is 2.58 bits per heavy atom. The highest BCUT2D eigenvalue weighted by Gasteiger charge is 2.21. The number of fused-ring (bicyclic) bond motifs is 2. The minimum atomic E-state index is 0.238. The summed E-state index contributed by atoms with van der Waals surface area (Å²) in [6.07, 6.45) is 2.02. The Kier molecular flexibility index (Phi) is 4.56. The van der Waals surface area contributed by atoms with Crippen molar-refractivity contribution in [2.45, 2.75) is 9.79 Å². The average molecular weight is 339 g/mol. The minimum absolute atomic E-state index is 0.238. The molecule has 0 unspecified atom stereocenters. The van der Waals surface area contributed by atoms with Gasteiger partial charge in [0.25, 0.3) is 0 Å². The van der Waals surface area contributed by atoms with Gasteiger partial charge in [-0.1, -0.05) is 30.0 Å². The van der Waals surface area contributed by atoms with E-state index >= 15 is 0 Å². The fourth-order valence-electron chi connectivity index (χ4n) is 3.28. The lowest BCUT2D eigenvalue weighted by molar-refractivity contribution is 0.189. The zero-order valence-corrected chi connectivity index (χ0v) is 14.4. The van der Waals surface area contributed by atoms with Crippen LogP contribution in [0.25, 0.3) is 0 Å². The molecule has 2 aliphatic heterocycles. The molecule has 4 rings (SSSR count). The lowest BCUT2D eigenvalue weighted by Crippen LogP contribution is -2.47. The summed E-state index contributed by atoms with van der Waals surface area (Å²) in [5.41, 5.74) is 3.52. The highest BCUT2D eigenvalue weighted by Crippen LogP contribution is 2.41. The van der Waals surface area contributed by atoms with Crippen molar-refractivity contribution < 1.29 is 5.11 Å². The van der Waals surface area contributed by atoms with E-state index in [2.05, 4.69) is 46.2 Å². The molecule has 124 valence electrons. The number of hydrogen-bond donors (Lipinski definition) is 1. The van der Waals surface area contributed by atoms with Crippen molar-refractivity contribution in [2.24, 2.45) is 4.99 Å². The molecule has 1 saturated heterocycles. The number of benzene rings is 2. The number of β-amino-alcohol motifs (C(OH)–C–C–N with tert-alkyl or cyclic N) is 1. The Labute approximate surface area is 146 Å². The lowest BCUT2D eigenvalue weighted by atomic mass is 10.1. The summed E-state index contributed by atoms with van der Waals surface area (Å²) in [7, 11) is 0. The predicted molar refractivity (Wildman–Crippen MR) is 100.0 cm³/mol. The molecule has 0 radical (unpaired) electrons. The molecule has 0 atom stereocenters. The molecule has 1 N–H and O–H groups in total. The van der Waals surface area contributed by atoms with E-state index in [1.807, 2.05) is 12.3 Å². The Morgan fingerprint density at radius 1 is 0.958 bits per heavy atom. The van der Waals surface area contributed by atoms with Gasteiger partial charge in [0.05, 0.1) is 12.3 Å². The molecule has 2 heterocycles. The van der Waals surface area contributed by atoms with E-state index in [1.54, 1.807) is 11.8 Å². The first-order valence-corrected chi connectivity index (χ1v) is 9.19. The molecule has 0 amide bonds. The maximum Gasteiger partial charge on any atom is 0.0769 e. The molecule has 24 heavy (non-hydrogen) atoms. The number of aliphatic hydroxyl groups is 1. The molecule has 0 spiro atoms. The van der Waals surface area contributed by atoms with E-state index in [-0.39, 0.29) is 6.61 Å². The van der Waals surface area contributed by atoms with Gasteiger partial charge >= 0.3 is 0 Å². The van der Waals surface area contributed by atoms with Gasteiger partial charge in [0.15, 0.2) is 0 Å². The van der Waals surface area contributed by atoms with Gasteiger partial charge in [-0.3, -0.25) is 9.89 Å². The van der Waals surface area contributed by atoms with E-state index in [0.29, 0.717) is 0 Å². The second kappa shape index (κ2) is 6.97. The number of nitrogens with zero attached hydrogens (tertiary/aromatic N) is 3. The third-order valence-electron chi connectivity index (χ3n) is 4.59. The summed E-state index contributed by atoms with van der Waals surface area (Å²) in [4.78, 5) is 11.9. The summed E-state index contributed by atoms with van der Waals surface area (Å²) < 4.78 is 0. The zero-order chi connectivity index (χ0) is 16.4. The molecule has 5 heteroatoms. The monoisotopic (exact) mass is 339 g/mol. The molecule has 0 saturated carbocycles. The maximum atomic E-state index is 9.10. The fourth-order valence-corrected chi connectivity index (χ4v) is 4.31. The van der Waals surface area contributed by atoms with Crippen molar-refractivity contribution in [3.8, 4) is 0 Å². The van der Waals surface area contributed by atoms with Crippen LogP contribution in [0.3, 0.4) is 0 Å². The Balaban J connectivity index is 1.62. The number of aliphatic hydroxyl groups excluding tert-OH is 1. The van der Waals surface area contributed by atoms with E-state index in [9.17, 15) is 0 Å². The summed E-state index contributed by atoms with van der Waals surface area (Å²) in [6, 6.07) is 14.8. The number of aliphatic imine (C=N–C) groups is 1. The van der Waals surface area contributed by atoms with Crippen LogP contribution < -0.4 is 4.90 Å². The summed E-state index contributed by atoms with van der Waals surface area (Å²) >= 11 is 1.80. The topological polar surface area (TPSA) is 39.1 Å². The van der Waals surface area contributed by atoms with Gasteiger partial charge in [-0.2, -0.15) is 0 Å². The first kappa shape index (κ1) is 15.7. The highest BCUT2D eigenvalue weighted by atomic mass is 32.2. The van der Waals surface area contributed by atoms with Crippen molar-refractivity contribution in [2.75, 3.05) is 44.2 Å². The van der Waals surface area contributed by atoms with Crippen molar-refractivity contribution in [1.82, 2.24) is 4.90 Å². The SMILES string of the molecule is OCCN1CCN(c2cccc3c2C=Nc2ccccc2S3)CC1. The van der Waals surface area contributed by atoms with E-state index in [1.165, 1.54) is 21.0 Å². The third kappa shape index (κ3) is 3.07. The van der Waals surface area contributed by atoms with Gasteiger partial charge in [0.2, 0.25) is 0 Å². The summed E-state index contributed by atoms with van der Waals surface area (Å²) in [5, 5.41) is 9.10. The fraction of sp³-hybridized carbons (Fsp3) is 0.316. The van der Waals surface area contributed by atoms with Gasteiger partial charge in [0.1, 0.15) is 0 Å². The van der Waals surface area contributed by atoms with Crippen LogP contribution in [-0.4, -0.2) is 55.6 Å². The quantitative estimate of drug-likeness (QED) is 0.796. The second-order valence-corrected chi connectivity index (χ2v) is 7.15. The van der Waals surface area contributed by atoms with Gasteiger partial charge < -0.3 is 10.0 Å². The van der Waals surface area contributed by atoms with Crippen LogP contribution in [0, 0.1) is 0 Å². The standard InChI is InChI=1S/C19H21N3OS/c23-13-12-21-8-10-22(11-9-21)17-5-3-7-18-15(17)14-20-16-4-1-2-6-19(16)24-18/h1-7,14,23H,8-13H2. The van der Waals surface area contributed by atoms with Crippen molar-refractivity contribution in [3.05, 3.63) is 48.0 Å². The Hall–Kier alpha value is -1.82. The number of piperazine rings is 1. The summed E-state index contributed by atoms with van der Waals surface area (Å²) in [6.45, 7) is 4.98. The van der Waals surface area contributed by atoms with Crippen LogP contribution in [0.1, 0.15) is 5.56 Å². The average Bonchev–Trinajstić information content (AvgIpc) is 2.82. The van der Waals surface area contributed by atoms with Crippen LogP contribution in [-0.2, 0) is 0 Å². The van der Waals surface area contributed by atoms with Gasteiger partial charge in [-0.15, -0.1) is 0 Å². The molecular weight excluding hydrogens is 318 g/mol. The molecule has 0 aromatic heterocycles. The molecule has 2 aromatic carbocycles. The van der Waals surface area contributed by atoms with Crippen LogP contribution in [0.2, 0.25) is 0 Å². The number of anilines is 1. The molecule has 2 aromatic rings. The highest BCUT2D eigenvalue weighted by molar-refractivity contribution is 7.99. The van der Waals surface area contributed by atoms with E-state index in [0.717, 1.165) is 38.4 Å². The molecule has 2 aliphatic rings. The Morgan fingerprint density at radius 2 is 1.75 bits per heavy atom. The van der Waals surface area contributed by atoms with Crippen molar-refractivity contribution in [3.63, 3.8) is 0 Å². The molecule has 4 nitrogen and oxygen atoms in total. The molecule has 0 aliphatic carbocycles. The number of rotatable bonds is 3. The first-order valence-electron chi connectivity index (χ1n) is 8.37. The van der Waals surface area contributed by atoms with Crippen LogP contribution in [0.4, 0.5) is 11.4 Å². The van der Waals surface area contributed by atoms with Crippen LogP contribution in [0.5, 0.6) is 0 Å². The number of para-hydroxylation sites is 1. The van der Waals surface area contributed by atoms with Gasteiger partial charge in [0, 0.05) is 60.0 Å². The van der Waals surface area contributed by atoms with Gasteiger partial charge in [-0.25, -0.2) is 0 Å². The molecule has 0 bridgehead atoms. The lowest BCUT2D eigenvalue weighted by Gasteiger charge is -2.36.